The molecule has 5 heteroatoms. The van der Waals surface area contributed by atoms with Crippen molar-refractivity contribution in [2.45, 2.75) is 64.9 Å². The van der Waals surface area contributed by atoms with Crippen LogP contribution in [0.4, 0.5) is 0 Å². The van der Waals surface area contributed by atoms with Gasteiger partial charge in [0, 0.05) is 16.5 Å². The molecular weight excluding hydrogens is 522 g/mol. The summed E-state index contributed by atoms with van der Waals surface area (Å²) < 4.78 is 6.35. The molecule has 6 rings (SSSR count). The molecule has 0 saturated carbocycles. The second-order valence-electron chi connectivity index (χ2n) is 13.3. The van der Waals surface area contributed by atoms with E-state index >= 15 is 0 Å². The predicted molar refractivity (Wildman–Crippen MR) is 167 cm³/mol. The number of carbonyl (C=O) groups excluding carboxylic acids is 2. The van der Waals surface area contributed by atoms with E-state index in [0.717, 1.165) is 32.8 Å². The lowest BCUT2D eigenvalue weighted by molar-refractivity contribution is 0.0888. The van der Waals surface area contributed by atoms with Gasteiger partial charge in [-0.3, -0.25) is 9.59 Å². The number of carbonyl (C=O) groups is 2. The van der Waals surface area contributed by atoms with E-state index in [-0.39, 0.29) is 29.0 Å². The van der Waals surface area contributed by atoms with Crippen LogP contribution in [0.15, 0.2) is 78.9 Å². The Kier molecular flexibility index (Phi) is 6.45. The Morgan fingerprint density at radius 1 is 0.714 bits per heavy atom. The van der Waals surface area contributed by atoms with Gasteiger partial charge in [-0.05, 0) is 74.7 Å². The van der Waals surface area contributed by atoms with Crippen molar-refractivity contribution in [1.82, 2.24) is 4.98 Å². The van der Waals surface area contributed by atoms with E-state index in [1.165, 1.54) is 0 Å². The number of phenols is 1. The summed E-state index contributed by atoms with van der Waals surface area (Å²) in [5.74, 6) is -0.526. The SMILES string of the molecule is CC(C)(C)c1cc(COc2cccc3ccc(C4C(=O)c5cc6ccccc6cc5C4=O)nc23)cc(C(C)(C)C)c1O. The fourth-order valence-electron chi connectivity index (χ4n) is 5.84. The fraction of sp³-hybridized carbons (Fsp3) is 0.270. The maximum Gasteiger partial charge on any atom is 0.180 e. The molecule has 42 heavy (non-hydrogen) atoms. The standard InChI is InChI=1S/C37H35NO4/c1-36(2,3)27-16-21(17-28(35(27)41)37(4,5)6)20-42-30-13-9-12-22-14-15-29(38-32(22)30)31-33(39)25-18-23-10-7-8-11-24(23)19-26(25)34(31)40/h7-19,31,41H,20H2,1-6H3. The highest BCUT2D eigenvalue weighted by Gasteiger charge is 2.41. The molecule has 4 aromatic carbocycles. The molecule has 0 atom stereocenters. The number of rotatable bonds is 4. The molecule has 1 N–H and O–H groups in total. The van der Waals surface area contributed by atoms with Gasteiger partial charge in [-0.2, -0.15) is 0 Å². The fourth-order valence-corrected chi connectivity index (χ4v) is 5.84. The molecule has 0 bridgehead atoms. The maximum atomic E-state index is 13.5. The van der Waals surface area contributed by atoms with Gasteiger partial charge in [-0.25, -0.2) is 4.98 Å². The van der Waals surface area contributed by atoms with Crippen molar-refractivity contribution < 1.29 is 19.4 Å². The lowest BCUT2D eigenvalue weighted by Crippen LogP contribution is -2.18. The van der Waals surface area contributed by atoms with E-state index < -0.39 is 5.92 Å². The zero-order valence-corrected chi connectivity index (χ0v) is 24.9. The molecule has 212 valence electrons. The van der Waals surface area contributed by atoms with Crippen LogP contribution in [0.3, 0.4) is 0 Å². The Labute approximate surface area is 246 Å². The number of aromatic nitrogens is 1. The van der Waals surface area contributed by atoms with Gasteiger partial charge in [0.2, 0.25) is 0 Å². The summed E-state index contributed by atoms with van der Waals surface area (Å²) >= 11 is 0. The van der Waals surface area contributed by atoms with Gasteiger partial charge in [0.05, 0.1) is 5.69 Å². The number of aromatic hydroxyl groups is 1. The summed E-state index contributed by atoms with van der Waals surface area (Å²) in [6.45, 7) is 12.8. The van der Waals surface area contributed by atoms with Gasteiger partial charge in [-0.1, -0.05) is 84.0 Å². The third-order valence-corrected chi connectivity index (χ3v) is 8.12. The van der Waals surface area contributed by atoms with Crippen molar-refractivity contribution in [1.29, 1.82) is 0 Å². The zero-order valence-electron chi connectivity index (χ0n) is 24.9. The second kappa shape index (κ2) is 9.80. The summed E-state index contributed by atoms with van der Waals surface area (Å²) in [6.07, 6.45) is 0. The highest BCUT2D eigenvalue weighted by Crippen LogP contribution is 2.41. The predicted octanol–water partition coefficient (Wildman–Crippen LogP) is 8.43. The molecule has 0 spiro atoms. The van der Waals surface area contributed by atoms with Crippen molar-refractivity contribution in [3.8, 4) is 11.5 Å². The number of ketones is 2. The van der Waals surface area contributed by atoms with Crippen molar-refractivity contribution in [3.05, 3.63) is 112 Å². The summed E-state index contributed by atoms with van der Waals surface area (Å²) in [6, 6.07) is 24.7. The Balaban J connectivity index is 1.36. The van der Waals surface area contributed by atoms with E-state index in [0.29, 0.717) is 33.8 Å². The lowest BCUT2D eigenvalue weighted by atomic mass is 9.78. The van der Waals surface area contributed by atoms with Gasteiger partial charge in [0.25, 0.3) is 0 Å². The number of Topliss-reactive ketones (excluding diaryl/α,β-unsaturated/α-hetero) is 2. The first-order chi connectivity index (χ1) is 19.8. The van der Waals surface area contributed by atoms with Crippen molar-refractivity contribution >= 4 is 33.2 Å². The van der Waals surface area contributed by atoms with Crippen molar-refractivity contribution in [2.24, 2.45) is 0 Å². The van der Waals surface area contributed by atoms with Crippen LogP contribution >= 0.6 is 0 Å². The molecule has 0 aliphatic heterocycles. The third kappa shape index (κ3) is 4.73. The minimum atomic E-state index is -0.977. The summed E-state index contributed by atoms with van der Waals surface area (Å²) in [5, 5.41) is 13.8. The first-order valence-corrected chi connectivity index (χ1v) is 14.3. The number of ether oxygens (including phenoxy) is 1. The van der Waals surface area contributed by atoms with E-state index in [9.17, 15) is 14.7 Å². The van der Waals surface area contributed by atoms with E-state index in [2.05, 4.69) is 41.5 Å². The van der Waals surface area contributed by atoms with Crippen LogP contribution in [0.2, 0.25) is 0 Å². The van der Waals surface area contributed by atoms with Gasteiger partial charge >= 0.3 is 0 Å². The molecule has 0 fully saturated rings. The topological polar surface area (TPSA) is 76.5 Å². The molecule has 0 radical (unpaired) electrons. The number of hydrogen-bond acceptors (Lipinski definition) is 5. The lowest BCUT2D eigenvalue weighted by Gasteiger charge is -2.28. The monoisotopic (exact) mass is 557 g/mol. The van der Waals surface area contributed by atoms with Crippen LogP contribution in [0.5, 0.6) is 11.5 Å². The number of phenolic OH excluding ortho intramolecular Hbond substituents is 1. The first kappa shape index (κ1) is 27.6. The smallest absolute Gasteiger partial charge is 0.180 e. The highest BCUT2D eigenvalue weighted by molar-refractivity contribution is 6.30. The molecule has 1 aliphatic carbocycles. The molecule has 1 heterocycles. The normalized spacial score (nSPS) is 14.1. The zero-order chi connectivity index (χ0) is 30.0. The number of para-hydroxylation sites is 1. The minimum absolute atomic E-state index is 0.223. The Hall–Kier alpha value is -4.51. The third-order valence-electron chi connectivity index (χ3n) is 8.12. The average Bonchev–Trinajstić information content (AvgIpc) is 3.18. The summed E-state index contributed by atoms with van der Waals surface area (Å²) in [4.78, 5) is 31.9. The van der Waals surface area contributed by atoms with Gasteiger partial charge in [-0.15, -0.1) is 0 Å². The van der Waals surface area contributed by atoms with Gasteiger partial charge in [0.1, 0.15) is 29.5 Å². The van der Waals surface area contributed by atoms with Crippen LogP contribution in [0, 0.1) is 0 Å². The van der Waals surface area contributed by atoms with Crippen LogP contribution < -0.4 is 4.74 Å². The van der Waals surface area contributed by atoms with E-state index in [1.807, 2.05) is 72.8 Å². The average molecular weight is 558 g/mol. The second-order valence-corrected chi connectivity index (χ2v) is 13.3. The summed E-state index contributed by atoms with van der Waals surface area (Å²) in [5.41, 5.74) is 4.11. The molecule has 0 unspecified atom stereocenters. The number of nitrogens with zero attached hydrogens (tertiary/aromatic N) is 1. The number of benzene rings is 4. The number of fused-ring (bicyclic) bond motifs is 3. The van der Waals surface area contributed by atoms with Crippen molar-refractivity contribution in [3.63, 3.8) is 0 Å². The molecule has 0 amide bonds. The molecule has 5 nitrogen and oxygen atoms in total. The maximum absolute atomic E-state index is 13.5. The quantitative estimate of drug-likeness (QED) is 0.224. The number of hydrogen-bond donors (Lipinski definition) is 1. The van der Waals surface area contributed by atoms with Crippen LogP contribution in [0.1, 0.15) is 90.6 Å². The summed E-state index contributed by atoms with van der Waals surface area (Å²) in [7, 11) is 0. The van der Waals surface area contributed by atoms with Crippen LogP contribution in [-0.4, -0.2) is 21.7 Å². The minimum Gasteiger partial charge on any atom is -0.507 e. The molecule has 1 aliphatic rings. The molecule has 1 aromatic heterocycles. The number of pyridine rings is 1. The van der Waals surface area contributed by atoms with E-state index in [4.69, 9.17) is 9.72 Å². The Morgan fingerprint density at radius 2 is 1.26 bits per heavy atom. The molecular formula is C37H35NO4. The van der Waals surface area contributed by atoms with E-state index in [1.54, 1.807) is 6.07 Å². The van der Waals surface area contributed by atoms with Crippen LogP contribution in [0.25, 0.3) is 21.7 Å². The first-order valence-electron chi connectivity index (χ1n) is 14.3. The van der Waals surface area contributed by atoms with Crippen molar-refractivity contribution in [2.75, 3.05) is 0 Å². The molecule has 5 aromatic rings. The van der Waals surface area contributed by atoms with Crippen LogP contribution in [-0.2, 0) is 17.4 Å². The Bertz CT molecular complexity index is 1820. The Morgan fingerprint density at radius 3 is 1.81 bits per heavy atom. The molecule has 0 saturated heterocycles. The van der Waals surface area contributed by atoms with Gasteiger partial charge < -0.3 is 9.84 Å². The van der Waals surface area contributed by atoms with Gasteiger partial charge in [0.15, 0.2) is 11.6 Å². The largest absolute Gasteiger partial charge is 0.507 e. The highest BCUT2D eigenvalue weighted by atomic mass is 16.5.